The molecule has 0 bridgehead atoms. The van der Waals surface area contributed by atoms with Crippen molar-refractivity contribution in [2.75, 3.05) is 20.3 Å². The fourth-order valence-corrected chi connectivity index (χ4v) is 5.37. The van der Waals surface area contributed by atoms with E-state index in [9.17, 15) is 10.2 Å². The number of aliphatic hydroxyl groups is 2. The van der Waals surface area contributed by atoms with E-state index in [4.69, 9.17) is 25.8 Å². The summed E-state index contributed by atoms with van der Waals surface area (Å²) in [6, 6.07) is 22.5. The molecular formula is C26H25ClO5. The lowest BCUT2D eigenvalue weighted by Gasteiger charge is -2.40. The third-order valence-corrected chi connectivity index (χ3v) is 6.92. The first-order valence-corrected chi connectivity index (χ1v) is 11.0. The van der Waals surface area contributed by atoms with Crippen LogP contribution in [0.25, 0.3) is 0 Å². The van der Waals surface area contributed by atoms with Gasteiger partial charge in [0.15, 0.2) is 11.2 Å². The second-order valence-corrected chi connectivity index (χ2v) is 8.76. The molecule has 1 aliphatic carbocycles. The highest BCUT2D eigenvalue weighted by atomic mass is 35.5. The van der Waals surface area contributed by atoms with Crippen molar-refractivity contribution in [1.29, 1.82) is 0 Å². The standard InChI is InChI=1S/C26H25ClO5/c1-30-13-14-31-20-11-12-21-23(15-20)32-26(18-7-9-19(27)10-8-18)22(16-24(28)25(21,26)29)17-5-3-2-4-6-17/h2-12,15,22,24,28-29H,13-14,16H2,1H3. The van der Waals surface area contributed by atoms with E-state index in [0.717, 1.165) is 11.1 Å². The fraction of sp³-hybridized carbons (Fsp3) is 0.308. The predicted molar refractivity (Wildman–Crippen MR) is 121 cm³/mol. The topological polar surface area (TPSA) is 68.2 Å². The largest absolute Gasteiger partial charge is 0.491 e. The Kier molecular flexibility index (Phi) is 5.38. The summed E-state index contributed by atoms with van der Waals surface area (Å²) in [6.07, 6.45) is -0.667. The van der Waals surface area contributed by atoms with Crippen LogP contribution in [0.2, 0.25) is 5.02 Å². The molecule has 0 radical (unpaired) electrons. The van der Waals surface area contributed by atoms with Crippen molar-refractivity contribution in [3.8, 4) is 11.5 Å². The molecule has 0 spiro atoms. The van der Waals surface area contributed by atoms with Gasteiger partial charge in [-0.2, -0.15) is 0 Å². The van der Waals surface area contributed by atoms with Gasteiger partial charge in [0.25, 0.3) is 0 Å². The van der Waals surface area contributed by atoms with Crippen molar-refractivity contribution in [1.82, 2.24) is 0 Å². The van der Waals surface area contributed by atoms with Crippen LogP contribution in [0.4, 0.5) is 0 Å². The molecule has 0 aromatic heterocycles. The molecule has 1 saturated carbocycles. The highest BCUT2D eigenvalue weighted by Gasteiger charge is 2.72. The zero-order chi connectivity index (χ0) is 22.3. The number of halogens is 1. The Morgan fingerprint density at radius 3 is 2.50 bits per heavy atom. The van der Waals surface area contributed by atoms with Gasteiger partial charge in [-0.1, -0.05) is 54.1 Å². The lowest BCUT2D eigenvalue weighted by Crippen LogP contribution is -2.51. The molecule has 4 unspecified atom stereocenters. The van der Waals surface area contributed by atoms with Gasteiger partial charge < -0.3 is 24.4 Å². The van der Waals surface area contributed by atoms with Gasteiger partial charge >= 0.3 is 0 Å². The summed E-state index contributed by atoms with van der Waals surface area (Å²) < 4.78 is 17.5. The molecule has 166 valence electrons. The van der Waals surface area contributed by atoms with Crippen LogP contribution in [0.5, 0.6) is 11.5 Å². The lowest BCUT2D eigenvalue weighted by atomic mass is 9.71. The van der Waals surface area contributed by atoms with E-state index < -0.39 is 17.3 Å². The SMILES string of the molecule is COCCOc1ccc2c(c1)OC1(c3ccc(Cl)cc3)C(c3ccccc3)CC(O)C21O. The zero-order valence-electron chi connectivity index (χ0n) is 17.7. The van der Waals surface area contributed by atoms with Crippen LogP contribution in [0.3, 0.4) is 0 Å². The summed E-state index contributed by atoms with van der Waals surface area (Å²) in [5.74, 6) is 0.827. The van der Waals surface area contributed by atoms with Gasteiger partial charge in [-0.05, 0) is 41.8 Å². The van der Waals surface area contributed by atoms with Crippen LogP contribution in [-0.2, 0) is 15.9 Å². The highest BCUT2D eigenvalue weighted by Crippen LogP contribution is 2.66. The van der Waals surface area contributed by atoms with Crippen molar-refractivity contribution in [3.63, 3.8) is 0 Å². The molecule has 0 amide bonds. The maximum absolute atomic E-state index is 12.2. The van der Waals surface area contributed by atoms with Crippen molar-refractivity contribution in [2.24, 2.45) is 0 Å². The molecule has 4 atom stereocenters. The number of aliphatic hydroxyl groups excluding tert-OH is 1. The first-order valence-electron chi connectivity index (χ1n) is 10.7. The molecule has 1 heterocycles. The van der Waals surface area contributed by atoms with Crippen LogP contribution < -0.4 is 9.47 Å². The number of ether oxygens (including phenoxy) is 3. The smallest absolute Gasteiger partial charge is 0.176 e. The molecule has 1 fully saturated rings. The number of fused-ring (bicyclic) bond motifs is 3. The van der Waals surface area contributed by atoms with E-state index in [1.165, 1.54) is 0 Å². The maximum atomic E-state index is 12.2. The van der Waals surface area contributed by atoms with E-state index >= 15 is 0 Å². The Bertz CT molecular complexity index is 1100. The number of rotatable bonds is 6. The summed E-state index contributed by atoms with van der Waals surface area (Å²) in [5, 5.41) is 24.0. The van der Waals surface area contributed by atoms with E-state index in [1.54, 1.807) is 37.4 Å². The number of methoxy groups -OCH3 is 1. The van der Waals surface area contributed by atoms with Crippen LogP contribution in [0, 0.1) is 0 Å². The minimum Gasteiger partial charge on any atom is -0.491 e. The lowest BCUT2D eigenvalue weighted by molar-refractivity contribution is -0.149. The average molecular weight is 453 g/mol. The molecule has 3 aromatic rings. The van der Waals surface area contributed by atoms with Crippen molar-refractivity contribution < 1.29 is 24.4 Å². The molecule has 2 aliphatic rings. The number of benzene rings is 3. The minimum absolute atomic E-state index is 0.282. The van der Waals surface area contributed by atoms with Crippen LogP contribution in [0.1, 0.15) is 29.0 Å². The molecule has 1 aliphatic heterocycles. The number of hydrogen-bond donors (Lipinski definition) is 2. The second-order valence-electron chi connectivity index (χ2n) is 8.32. The Labute approximate surface area is 192 Å². The number of hydrogen-bond acceptors (Lipinski definition) is 5. The molecule has 32 heavy (non-hydrogen) atoms. The summed E-state index contributed by atoms with van der Waals surface area (Å²) >= 11 is 6.17. The second kappa shape index (κ2) is 8.09. The van der Waals surface area contributed by atoms with E-state index in [2.05, 4.69) is 0 Å². The zero-order valence-corrected chi connectivity index (χ0v) is 18.5. The van der Waals surface area contributed by atoms with Gasteiger partial charge in [0.1, 0.15) is 18.1 Å². The van der Waals surface area contributed by atoms with E-state index in [0.29, 0.717) is 41.7 Å². The van der Waals surface area contributed by atoms with E-state index in [1.807, 2.05) is 42.5 Å². The third-order valence-electron chi connectivity index (χ3n) is 6.66. The Balaban J connectivity index is 1.67. The molecule has 5 rings (SSSR count). The van der Waals surface area contributed by atoms with E-state index in [-0.39, 0.29) is 5.92 Å². The molecule has 3 aromatic carbocycles. The van der Waals surface area contributed by atoms with Crippen molar-refractivity contribution in [2.45, 2.75) is 29.6 Å². The molecule has 2 N–H and O–H groups in total. The Morgan fingerprint density at radius 1 is 1.03 bits per heavy atom. The summed E-state index contributed by atoms with van der Waals surface area (Å²) in [5.41, 5.74) is -0.555. The molecule has 6 heteroatoms. The summed E-state index contributed by atoms with van der Waals surface area (Å²) in [6.45, 7) is 0.864. The van der Waals surface area contributed by atoms with Gasteiger partial charge in [0.2, 0.25) is 0 Å². The first-order chi connectivity index (χ1) is 15.5. The normalized spacial score (nSPS) is 28.1. The van der Waals surface area contributed by atoms with Crippen molar-refractivity contribution in [3.05, 3.63) is 94.5 Å². The third kappa shape index (κ3) is 3.04. The van der Waals surface area contributed by atoms with Crippen molar-refractivity contribution >= 4 is 11.6 Å². The van der Waals surface area contributed by atoms with Gasteiger partial charge in [0, 0.05) is 29.7 Å². The van der Waals surface area contributed by atoms with Crippen LogP contribution >= 0.6 is 11.6 Å². The van der Waals surface area contributed by atoms with Crippen LogP contribution in [-0.4, -0.2) is 36.6 Å². The van der Waals surface area contributed by atoms with Crippen LogP contribution in [0.15, 0.2) is 72.8 Å². The maximum Gasteiger partial charge on any atom is 0.176 e. The quantitative estimate of drug-likeness (QED) is 0.543. The predicted octanol–water partition coefficient (Wildman–Crippen LogP) is 4.39. The Hall–Kier alpha value is -2.57. The average Bonchev–Trinajstić information content (AvgIpc) is 3.20. The van der Waals surface area contributed by atoms with Gasteiger partial charge in [-0.25, -0.2) is 0 Å². The Morgan fingerprint density at radius 2 is 1.78 bits per heavy atom. The van der Waals surface area contributed by atoms with Gasteiger partial charge in [-0.3, -0.25) is 0 Å². The summed E-state index contributed by atoms with van der Waals surface area (Å²) in [7, 11) is 1.62. The highest BCUT2D eigenvalue weighted by molar-refractivity contribution is 6.30. The first kappa shape index (κ1) is 21.3. The molecule has 5 nitrogen and oxygen atoms in total. The molecule has 0 saturated heterocycles. The van der Waals surface area contributed by atoms with Gasteiger partial charge in [0.05, 0.1) is 12.7 Å². The molecular weight excluding hydrogens is 428 g/mol. The summed E-state index contributed by atoms with van der Waals surface area (Å²) in [4.78, 5) is 0. The van der Waals surface area contributed by atoms with Gasteiger partial charge in [-0.15, -0.1) is 0 Å². The fourth-order valence-electron chi connectivity index (χ4n) is 5.24. The monoisotopic (exact) mass is 452 g/mol. The minimum atomic E-state index is -1.64.